The number of aliphatic hydroxyl groups is 8. The minimum Gasteiger partial charge on any atom is -0.388 e. The smallest absolute Gasteiger partial charge is 0.187 e. The summed E-state index contributed by atoms with van der Waals surface area (Å²) in [5, 5.41) is 81.0. The Balaban J connectivity index is 1.78. The van der Waals surface area contributed by atoms with Gasteiger partial charge in [0, 0.05) is 0 Å². The zero-order valence-electron chi connectivity index (χ0n) is 17.3. The Morgan fingerprint density at radius 1 is 0.452 bits per heavy atom. The first-order valence-electron chi connectivity index (χ1n) is 10.2. The van der Waals surface area contributed by atoms with Crippen molar-refractivity contribution in [3.05, 3.63) is 0 Å². The fraction of sp³-hybridized carbons (Fsp3) is 1.00. The summed E-state index contributed by atoms with van der Waals surface area (Å²) in [7, 11) is 0. The quantitative estimate of drug-likeness (QED) is 0.201. The molecule has 3 fully saturated rings. The van der Waals surface area contributed by atoms with Crippen molar-refractivity contribution in [1.82, 2.24) is 0 Å². The van der Waals surface area contributed by atoms with Crippen molar-refractivity contribution in [2.75, 3.05) is 0 Å². The fourth-order valence-electron chi connectivity index (χ4n) is 3.87. The molecule has 13 heteroatoms. The van der Waals surface area contributed by atoms with Gasteiger partial charge in [-0.15, -0.1) is 0 Å². The van der Waals surface area contributed by atoms with E-state index in [2.05, 4.69) is 0 Å². The molecule has 0 aromatic carbocycles. The lowest BCUT2D eigenvalue weighted by Crippen LogP contribution is -2.65. The number of aliphatic hydroxyl groups excluding tert-OH is 8. The zero-order valence-corrected chi connectivity index (χ0v) is 17.3. The molecule has 182 valence electrons. The summed E-state index contributed by atoms with van der Waals surface area (Å²) >= 11 is 0. The Labute approximate surface area is 178 Å². The Bertz CT molecular complexity index is 595. The van der Waals surface area contributed by atoms with E-state index in [1.54, 1.807) is 0 Å². The van der Waals surface area contributed by atoms with Crippen molar-refractivity contribution in [2.45, 2.75) is 113 Å². The van der Waals surface area contributed by atoms with Gasteiger partial charge in [0.25, 0.3) is 0 Å². The highest BCUT2D eigenvalue weighted by Gasteiger charge is 2.52. The van der Waals surface area contributed by atoms with E-state index in [9.17, 15) is 40.9 Å². The molecule has 3 aliphatic rings. The van der Waals surface area contributed by atoms with Crippen LogP contribution in [-0.2, 0) is 23.7 Å². The predicted octanol–water partition coefficient (Wildman–Crippen LogP) is -4.49. The molecule has 0 unspecified atom stereocenters. The van der Waals surface area contributed by atoms with Crippen molar-refractivity contribution < 1.29 is 64.5 Å². The molecule has 0 bridgehead atoms. The third-order valence-corrected chi connectivity index (χ3v) is 5.98. The third-order valence-electron chi connectivity index (χ3n) is 5.98. The number of rotatable bonds is 4. The molecule has 0 spiro atoms. The van der Waals surface area contributed by atoms with Gasteiger partial charge in [-0.05, 0) is 20.8 Å². The highest BCUT2D eigenvalue weighted by Crippen LogP contribution is 2.32. The van der Waals surface area contributed by atoms with E-state index >= 15 is 0 Å². The SMILES string of the molecule is C[C@@H]1O[C@@H](O[C@@H]2[C@@H](O)[C@H](C)O[C@@H](O)[C@@H]2O[C@@H]2O[C@@H](C)[C@H](O)[C@@H](O)[C@H]2O)[C@H](O)[C@H](O)[C@H]1O. The molecule has 0 radical (unpaired) electrons. The van der Waals surface area contributed by atoms with Gasteiger partial charge in [-0.1, -0.05) is 0 Å². The number of hydrogen-bond donors (Lipinski definition) is 8. The molecule has 0 aliphatic carbocycles. The first-order valence-corrected chi connectivity index (χ1v) is 10.2. The van der Waals surface area contributed by atoms with Crippen LogP contribution >= 0.6 is 0 Å². The summed E-state index contributed by atoms with van der Waals surface area (Å²) in [4.78, 5) is 0. The highest BCUT2D eigenvalue weighted by atomic mass is 16.8. The van der Waals surface area contributed by atoms with Crippen LogP contribution in [0.1, 0.15) is 20.8 Å². The highest BCUT2D eigenvalue weighted by molar-refractivity contribution is 4.94. The summed E-state index contributed by atoms with van der Waals surface area (Å²) in [5.74, 6) is 0. The first-order chi connectivity index (χ1) is 14.4. The van der Waals surface area contributed by atoms with Gasteiger partial charge in [0.15, 0.2) is 18.9 Å². The molecule has 13 nitrogen and oxygen atoms in total. The van der Waals surface area contributed by atoms with Crippen LogP contribution in [0, 0.1) is 0 Å². The van der Waals surface area contributed by atoms with E-state index in [1.807, 2.05) is 0 Å². The molecule has 3 aliphatic heterocycles. The minimum atomic E-state index is -1.69. The summed E-state index contributed by atoms with van der Waals surface area (Å²) < 4.78 is 27.2. The molecular formula is C18H32O13. The molecule has 0 saturated carbocycles. The lowest BCUT2D eigenvalue weighted by atomic mass is 9.97. The van der Waals surface area contributed by atoms with Crippen molar-refractivity contribution >= 4 is 0 Å². The Morgan fingerprint density at radius 3 is 1.29 bits per heavy atom. The van der Waals surface area contributed by atoms with Crippen LogP contribution in [0.5, 0.6) is 0 Å². The Hall–Kier alpha value is -0.520. The standard InChI is InChI=1S/C18H32O13/c1-4-7(19)10(22)12(24)17(28-4)30-14-9(21)6(3)27-16(26)15(14)31-18-13(25)11(23)8(20)5(2)29-18/h4-26H,1-3H3/t4-,5-,6-,7-,8-,9-,10+,11+,12+,13+,14+,15+,16+,17-,18-/m0/s1. The van der Waals surface area contributed by atoms with E-state index in [1.165, 1.54) is 20.8 Å². The summed E-state index contributed by atoms with van der Waals surface area (Å²) in [6.07, 6.45) is -21.1. The van der Waals surface area contributed by atoms with Crippen LogP contribution < -0.4 is 0 Å². The first kappa shape index (κ1) is 25.1. The molecular weight excluding hydrogens is 424 g/mol. The fourth-order valence-corrected chi connectivity index (χ4v) is 3.87. The average molecular weight is 456 g/mol. The summed E-state index contributed by atoms with van der Waals surface area (Å²) in [6, 6.07) is 0. The van der Waals surface area contributed by atoms with Crippen molar-refractivity contribution in [3.8, 4) is 0 Å². The molecule has 3 rings (SSSR count). The monoisotopic (exact) mass is 456 g/mol. The van der Waals surface area contributed by atoms with E-state index in [-0.39, 0.29) is 0 Å². The van der Waals surface area contributed by atoms with E-state index in [0.717, 1.165) is 0 Å². The predicted molar refractivity (Wildman–Crippen MR) is 97.0 cm³/mol. The van der Waals surface area contributed by atoms with E-state index in [4.69, 9.17) is 23.7 Å². The van der Waals surface area contributed by atoms with Crippen molar-refractivity contribution in [1.29, 1.82) is 0 Å². The van der Waals surface area contributed by atoms with Gasteiger partial charge < -0.3 is 64.5 Å². The molecule has 15 atom stereocenters. The second kappa shape index (κ2) is 9.77. The van der Waals surface area contributed by atoms with Gasteiger partial charge in [0.2, 0.25) is 0 Å². The molecule has 3 heterocycles. The van der Waals surface area contributed by atoms with Gasteiger partial charge in [-0.25, -0.2) is 0 Å². The molecule has 0 aromatic rings. The number of hydrogen-bond acceptors (Lipinski definition) is 13. The molecule has 8 N–H and O–H groups in total. The van der Waals surface area contributed by atoms with E-state index < -0.39 is 92.1 Å². The largest absolute Gasteiger partial charge is 0.388 e. The number of ether oxygens (including phenoxy) is 5. The lowest BCUT2D eigenvalue weighted by molar-refractivity contribution is -0.382. The maximum Gasteiger partial charge on any atom is 0.187 e. The van der Waals surface area contributed by atoms with Crippen LogP contribution in [0.25, 0.3) is 0 Å². The van der Waals surface area contributed by atoms with Crippen LogP contribution in [0.3, 0.4) is 0 Å². The second-order valence-corrected chi connectivity index (χ2v) is 8.29. The summed E-state index contributed by atoms with van der Waals surface area (Å²) in [6.45, 7) is 4.34. The van der Waals surface area contributed by atoms with Crippen LogP contribution in [0.2, 0.25) is 0 Å². The molecule has 3 saturated heterocycles. The average Bonchev–Trinajstić information content (AvgIpc) is 2.72. The zero-order chi connectivity index (χ0) is 23.2. The Kier molecular flexibility index (Phi) is 7.91. The van der Waals surface area contributed by atoms with Gasteiger partial charge in [0.05, 0.1) is 18.3 Å². The minimum absolute atomic E-state index is 0.914. The van der Waals surface area contributed by atoms with Crippen molar-refractivity contribution in [3.63, 3.8) is 0 Å². The topological polar surface area (TPSA) is 208 Å². The maximum atomic E-state index is 10.6. The van der Waals surface area contributed by atoms with E-state index in [0.29, 0.717) is 0 Å². The molecule has 31 heavy (non-hydrogen) atoms. The van der Waals surface area contributed by atoms with Gasteiger partial charge in [0.1, 0.15) is 54.9 Å². The molecule has 0 aromatic heterocycles. The van der Waals surface area contributed by atoms with Gasteiger partial charge >= 0.3 is 0 Å². The summed E-state index contributed by atoms with van der Waals surface area (Å²) in [5.41, 5.74) is 0. The Morgan fingerprint density at radius 2 is 0.839 bits per heavy atom. The lowest BCUT2D eigenvalue weighted by Gasteiger charge is -2.47. The second-order valence-electron chi connectivity index (χ2n) is 8.29. The van der Waals surface area contributed by atoms with Crippen LogP contribution in [0.15, 0.2) is 0 Å². The van der Waals surface area contributed by atoms with Crippen LogP contribution in [-0.4, -0.2) is 133 Å². The van der Waals surface area contributed by atoms with Gasteiger partial charge in [-0.3, -0.25) is 0 Å². The maximum absolute atomic E-state index is 10.6. The third kappa shape index (κ3) is 4.89. The molecule has 0 amide bonds. The van der Waals surface area contributed by atoms with Crippen molar-refractivity contribution in [2.24, 2.45) is 0 Å². The van der Waals surface area contributed by atoms with Gasteiger partial charge in [-0.2, -0.15) is 0 Å². The normalized spacial score (nSPS) is 56.4. The van der Waals surface area contributed by atoms with Crippen LogP contribution in [0.4, 0.5) is 0 Å².